The zero-order chi connectivity index (χ0) is 17.6. The molecule has 1 atom stereocenters. The van der Waals surface area contributed by atoms with Crippen molar-refractivity contribution in [2.24, 2.45) is 0 Å². The zero-order valence-electron chi connectivity index (χ0n) is 15.4. The summed E-state index contributed by atoms with van der Waals surface area (Å²) in [6, 6.07) is 23.7. The normalized spacial score (nSPS) is 12.5. The first kappa shape index (κ1) is 17.5. The molecule has 130 valence electrons. The van der Waals surface area contributed by atoms with Crippen LogP contribution in [0.25, 0.3) is 10.8 Å². The van der Waals surface area contributed by atoms with Crippen molar-refractivity contribution >= 4 is 10.8 Å². The third-order valence-electron chi connectivity index (χ3n) is 4.82. The number of hydrogen-bond acceptors (Lipinski definition) is 2. The maximum atomic E-state index is 6.17. The van der Waals surface area contributed by atoms with Crippen LogP contribution in [0.4, 0.5) is 0 Å². The van der Waals surface area contributed by atoms with Crippen molar-refractivity contribution in [2.45, 2.75) is 25.8 Å². The summed E-state index contributed by atoms with van der Waals surface area (Å²) in [4.78, 5) is 2.29. The standard InChI is InChI=1S/C23H27NO/c1-4-18-10-5-7-13-20(18)22(24(2)3)16-17-25-23-15-9-12-19-11-6-8-14-21(19)23/h5-15,22H,4,16-17H2,1-3H3. The Hall–Kier alpha value is -2.32. The topological polar surface area (TPSA) is 12.5 Å². The van der Waals surface area contributed by atoms with Crippen LogP contribution in [0.5, 0.6) is 5.75 Å². The Kier molecular flexibility index (Phi) is 5.72. The maximum Gasteiger partial charge on any atom is 0.127 e. The smallest absolute Gasteiger partial charge is 0.127 e. The summed E-state index contributed by atoms with van der Waals surface area (Å²) in [5.41, 5.74) is 2.84. The van der Waals surface area contributed by atoms with Crippen molar-refractivity contribution in [1.82, 2.24) is 4.90 Å². The average Bonchev–Trinajstić information content (AvgIpc) is 2.65. The van der Waals surface area contributed by atoms with E-state index in [1.165, 1.54) is 21.9 Å². The molecule has 0 N–H and O–H groups in total. The molecule has 0 saturated heterocycles. The largest absolute Gasteiger partial charge is 0.493 e. The minimum Gasteiger partial charge on any atom is -0.493 e. The highest BCUT2D eigenvalue weighted by molar-refractivity contribution is 5.88. The second-order valence-corrected chi connectivity index (χ2v) is 6.65. The molecule has 3 aromatic carbocycles. The third-order valence-corrected chi connectivity index (χ3v) is 4.82. The molecule has 3 rings (SSSR count). The number of rotatable bonds is 7. The fourth-order valence-electron chi connectivity index (χ4n) is 3.48. The lowest BCUT2D eigenvalue weighted by Gasteiger charge is -2.27. The third kappa shape index (κ3) is 4.02. The van der Waals surface area contributed by atoms with Crippen LogP contribution >= 0.6 is 0 Å². The summed E-state index contributed by atoms with van der Waals surface area (Å²) in [7, 11) is 4.30. The van der Waals surface area contributed by atoms with Gasteiger partial charge in [-0.15, -0.1) is 0 Å². The molecule has 0 amide bonds. The first-order valence-electron chi connectivity index (χ1n) is 9.05. The van der Waals surface area contributed by atoms with Crippen molar-refractivity contribution in [1.29, 1.82) is 0 Å². The van der Waals surface area contributed by atoms with E-state index in [4.69, 9.17) is 4.74 Å². The van der Waals surface area contributed by atoms with Gasteiger partial charge in [-0.1, -0.05) is 67.6 Å². The van der Waals surface area contributed by atoms with Gasteiger partial charge >= 0.3 is 0 Å². The Morgan fingerprint density at radius 2 is 1.60 bits per heavy atom. The van der Waals surface area contributed by atoms with Gasteiger partial charge in [0.15, 0.2) is 0 Å². The maximum absolute atomic E-state index is 6.17. The molecule has 3 aromatic rings. The Morgan fingerprint density at radius 1 is 0.880 bits per heavy atom. The fraction of sp³-hybridized carbons (Fsp3) is 0.304. The molecule has 0 heterocycles. The number of ether oxygens (including phenoxy) is 1. The van der Waals surface area contributed by atoms with E-state index in [2.05, 4.69) is 92.6 Å². The molecule has 0 spiro atoms. The molecule has 0 bridgehead atoms. The molecule has 0 aliphatic heterocycles. The van der Waals surface area contributed by atoms with Crippen LogP contribution in [0.15, 0.2) is 66.7 Å². The van der Waals surface area contributed by atoms with Gasteiger partial charge < -0.3 is 9.64 Å². The summed E-state index contributed by atoms with van der Waals surface area (Å²) in [6.07, 6.45) is 2.03. The quantitative estimate of drug-likeness (QED) is 0.568. The Labute approximate surface area is 151 Å². The van der Waals surface area contributed by atoms with E-state index < -0.39 is 0 Å². The predicted octanol–water partition coefficient (Wildman–Crippen LogP) is 5.47. The number of nitrogens with zero attached hydrogens (tertiary/aromatic N) is 1. The van der Waals surface area contributed by atoms with E-state index >= 15 is 0 Å². The van der Waals surface area contributed by atoms with E-state index in [9.17, 15) is 0 Å². The molecular weight excluding hydrogens is 306 g/mol. The lowest BCUT2D eigenvalue weighted by Crippen LogP contribution is -2.23. The van der Waals surface area contributed by atoms with Crippen molar-refractivity contribution in [3.63, 3.8) is 0 Å². The lowest BCUT2D eigenvalue weighted by atomic mass is 9.96. The molecule has 25 heavy (non-hydrogen) atoms. The monoisotopic (exact) mass is 333 g/mol. The first-order valence-corrected chi connectivity index (χ1v) is 9.05. The van der Waals surface area contributed by atoms with E-state index in [1.54, 1.807) is 0 Å². The molecule has 0 radical (unpaired) electrons. The lowest BCUT2D eigenvalue weighted by molar-refractivity contribution is 0.224. The highest BCUT2D eigenvalue weighted by Crippen LogP contribution is 2.28. The van der Waals surface area contributed by atoms with Crippen LogP contribution in [0.2, 0.25) is 0 Å². The fourth-order valence-corrected chi connectivity index (χ4v) is 3.48. The summed E-state index contributed by atoms with van der Waals surface area (Å²) in [5, 5.41) is 2.40. The Morgan fingerprint density at radius 3 is 2.40 bits per heavy atom. The van der Waals surface area contributed by atoms with Crippen LogP contribution in [0.3, 0.4) is 0 Å². The summed E-state index contributed by atoms with van der Waals surface area (Å²) in [5.74, 6) is 0.972. The second kappa shape index (κ2) is 8.17. The highest BCUT2D eigenvalue weighted by atomic mass is 16.5. The Bertz CT molecular complexity index is 820. The van der Waals surface area contributed by atoms with E-state index in [0.29, 0.717) is 12.6 Å². The summed E-state index contributed by atoms with van der Waals surface area (Å²) >= 11 is 0. The van der Waals surface area contributed by atoms with Gasteiger partial charge in [-0.25, -0.2) is 0 Å². The summed E-state index contributed by atoms with van der Waals surface area (Å²) < 4.78 is 6.17. The average molecular weight is 333 g/mol. The number of aryl methyl sites for hydroxylation is 1. The minimum absolute atomic E-state index is 0.367. The van der Waals surface area contributed by atoms with Gasteiger partial charge in [-0.3, -0.25) is 0 Å². The predicted molar refractivity (Wildman–Crippen MR) is 106 cm³/mol. The molecule has 2 heteroatoms. The molecule has 0 aliphatic rings. The minimum atomic E-state index is 0.367. The molecule has 2 nitrogen and oxygen atoms in total. The highest BCUT2D eigenvalue weighted by Gasteiger charge is 2.17. The SMILES string of the molecule is CCc1ccccc1C(CCOc1cccc2ccccc12)N(C)C. The molecule has 0 aromatic heterocycles. The van der Waals surface area contributed by atoms with Crippen LogP contribution in [0, 0.1) is 0 Å². The van der Waals surface area contributed by atoms with E-state index in [0.717, 1.165) is 18.6 Å². The van der Waals surface area contributed by atoms with Crippen molar-refractivity contribution in [3.05, 3.63) is 77.9 Å². The van der Waals surface area contributed by atoms with Crippen LogP contribution in [-0.2, 0) is 6.42 Å². The molecule has 1 unspecified atom stereocenters. The van der Waals surface area contributed by atoms with Crippen LogP contribution in [-0.4, -0.2) is 25.6 Å². The van der Waals surface area contributed by atoms with Gasteiger partial charge in [0.25, 0.3) is 0 Å². The van der Waals surface area contributed by atoms with Gasteiger partial charge in [0.05, 0.1) is 6.61 Å². The summed E-state index contributed by atoms with van der Waals surface area (Å²) in [6.45, 7) is 2.92. The van der Waals surface area contributed by atoms with Crippen molar-refractivity contribution < 1.29 is 4.74 Å². The van der Waals surface area contributed by atoms with Gasteiger partial charge in [0, 0.05) is 17.8 Å². The van der Waals surface area contributed by atoms with Crippen molar-refractivity contribution in [2.75, 3.05) is 20.7 Å². The second-order valence-electron chi connectivity index (χ2n) is 6.65. The van der Waals surface area contributed by atoms with Gasteiger partial charge in [-0.05, 0) is 43.1 Å². The Balaban J connectivity index is 1.74. The number of hydrogen-bond donors (Lipinski definition) is 0. The van der Waals surface area contributed by atoms with Gasteiger partial charge in [-0.2, -0.15) is 0 Å². The number of benzene rings is 3. The zero-order valence-corrected chi connectivity index (χ0v) is 15.4. The van der Waals surface area contributed by atoms with Gasteiger partial charge in [0.2, 0.25) is 0 Å². The van der Waals surface area contributed by atoms with Crippen molar-refractivity contribution in [3.8, 4) is 5.75 Å². The van der Waals surface area contributed by atoms with Crippen LogP contribution < -0.4 is 4.74 Å². The molecule has 0 aliphatic carbocycles. The first-order chi connectivity index (χ1) is 12.2. The number of fused-ring (bicyclic) bond motifs is 1. The molecule has 0 saturated carbocycles. The molecular formula is C23H27NO. The van der Waals surface area contributed by atoms with E-state index in [-0.39, 0.29) is 0 Å². The van der Waals surface area contributed by atoms with E-state index in [1.807, 2.05) is 0 Å². The van der Waals surface area contributed by atoms with Crippen LogP contribution in [0.1, 0.15) is 30.5 Å². The van der Waals surface area contributed by atoms with Gasteiger partial charge in [0.1, 0.15) is 5.75 Å². The molecule has 0 fully saturated rings.